The number of para-hydroxylation sites is 1. The van der Waals surface area contributed by atoms with Gasteiger partial charge in [-0.15, -0.1) is 5.10 Å². The Morgan fingerprint density at radius 2 is 2.12 bits per heavy atom. The molecule has 1 aromatic carbocycles. The smallest absolute Gasteiger partial charge is 0.242 e. The summed E-state index contributed by atoms with van der Waals surface area (Å²) in [7, 11) is 0. The summed E-state index contributed by atoms with van der Waals surface area (Å²) in [5.74, 6) is 1.45. The molecular weight excluding hydrogens is 308 g/mol. The number of aromatic nitrogens is 4. The molecule has 1 fully saturated rings. The van der Waals surface area contributed by atoms with E-state index in [9.17, 15) is 4.79 Å². The molecule has 0 radical (unpaired) electrons. The van der Waals surface area contributed by atoms with Crippen LogP contribution in [0.15, 0.2) is 24.3 Å². The molecule has 0 spiro atoms. The number of ether oxygens (including phenoxy) is 1. The van der Waals surface area contributed by atoms with Crippen molar-refractivity contribution in [2.24, 2.45) is 0 Å². The van der Waals surface area contributed by atoms with Gasteiger partial charge >= 0.3 is 0 Å². The summed E-state index contributed by atoms with van der Waals surface area (Å²) in [5, 5.41) is 14.7. The maximum Gasteiger partial charge on any atom is 0.242 e. The second kappa shape index (κ2) is 6.56. The van der Waals surface area contributed by atoms with Crippen molar-refractivity contribution in [1.82, 2.24) is 30.4 Å². The molecule has 0 saturated carbocycles. The molecule has 4 rings (SSSR count). The minimum atomic E-state index is -0.118. The standard InChI is InChI=1S/C16H20N6O2/c23-16(17-13-11-24-14-6-2-1-5-12(13)14)10-22-15(18-19-20-22)9-21-7-3-4-8-21/h1-2,5-6,13H,3-4,7-11H2,(H,17,23)/t13-/m1/s1. The van der Waals surface area contributed by atoms with E-state index in [1.807, 2.05) is 24.3 Å². The summed E-state index contributed by atoms with van der Waals surface area (Å²) in [4.78, 5) is 14.7. The number of nitrogens with one attached hydrogen (secondary N) is 1. The predicted octanol–water partition coefficient (Wildman–Crippen LogP) is 0.519. The molecule has 0 unspecified atom stereocenters. The summed E-state index contributed by atoms with van der Waals surface area (Å²) >= 11 is 0. The number of rotatable bonds is 5. The summed E-state index contributed by atoms with van der Waals surface area (Å²) in [5.41, 5.74) is 1.01. The van der Waals surface area contributed by atoms with Crippen LogP contribution in [0, 0.1) is 0 Å². The first-order valence-electron chi connectivity index (χ1n) is 8.28. The summed E-state index contributed by atoms with van der Waals surface area (Å²) < 4.78 is 7.17. The van der Waals surface area contributed by atoms with Gasteiger partial charge < -0.3 is 10.1 Å². The molecular formula is C16H20N6O2. The van der Waals surface area contributed by atoms with E-state index in [2.05, 4.69) is 25.7 Å². The zero-order valence-electron chi connectivity index (χ0n) is 13.4. The van der Waals surface area contributed by atoms with Gasteiger partial charge in [-0.3, -0.25) is 9.69 Å². The Balaban J connectivity index is 1.38. The van der Waals surface area contributed by atoms with Crippen molar-refractivity contribution in [1.29, 1.82) is 0 Å². The first-order valence-corrected chi connectivity index (χ1v) is 8.28. The van der Waals surface area contributed by atoms with Crippen LogP contribution in [0.3, 0.4) is 0 Å². The van der Waals surface area contributed by atoms with Crippen LogP contribution in [0.2, 0.25) is 0 Å². The Morgan fingerprint density at radius 3 is 3.00 bits per heavy atom. The van der Waals surface area contributed by atoms with Crippen LogP contribution >= 0.6 is 0 Å². The summed E-state index contributed by atoms with van der Waals surface area (Å²) in [6.45, 7) is 3.40. The Morgan fingerprint density at radius 1 is 1.29 bits per heavy atom. The molecule has 1 aromatic heterocycles. The molecule has 0 bridgehead atoms. The molecule has 1 N–H and O–H groups in total. The maximum atomic E-state index is 12.4. The highest BCUT2D eigenvalue weighted by molar-refractivity contribution is 5.76. The lowest BCUT2D eigenvalue weighted by Crippen LogP contribution is -2.33. The second-order valence-electron chi connectivity index (χ2n) is 6.20. The molecule has 1 saturated heterocycles. The Labute approximate surface area is 139 Å². The van der Waals surface area contributed by atoms with Crippen molar-refractivity contribution in [2.75, 3.05) is 19.7 Å². The van der Waals surface area contributed by atoms with Crippen molar-refractivity contribution in [3.63, 3.8) is 0 Å². The minimum Gasteiger partial charge on any atom is -0.491 e. The molecule has 1 atom stereocenters. The Hall–Kier alpha value is -2.48. The van der Waals surface area contributed by atoms with E-state index >= 15 is 0 Å². The predicted molar refractivity (Wildman–Crippen MR) is 85.1 cm³/mol. The zero-order chi connectivity index (χ0) is 16.4. The van der Waals surface area contributed by atoms with E-state index in [0.29, 0.717) is 13.2 Å². The van der Waals surface area contributed by atoms with Crippen LogP contribution in [-0.2, 0) is 17.9 Å². The van der Waals surface area contributed by atoms with E-state index in [0.717, 1.165) is 30.2 Å². The average molecular weight is 328 g/mol. The van der Waals surface area contributed by atoms with E-state index in [4.69, 9.17) is 4.74 Å². The highest BCUT2D eigenvalue weighted by Crippen LogP contribution is 2.31. The lowest BCUT2D eigenvalue weighted by Gasteiger charge is -2.15. The molecule has 0 aliphatic carbocycles. The van der Waals surface area contributed by atoms with E-state index < -0.39 is 0 Å². The Bertz CT molecular complexity index is 725. The van der Waals surface area contributed by atoms with Gasteiger partial charge in [-0.05, 0) is 42.4 Å². The Kier molecular flexibility index (Phi) is 4.12. The monoisotopic (exact) mass is 328 g/mol. The van der Waals surface area contributed by atoms with Gasteiger partial charge in [-0.25, -0.2) is 4.68 Å². The minimum absolute atomic E-state index is 0.115. The third-order valence-corrected chi connectivity index (χ3v) is 4.50. The van der Waals surface area contributed by atoms with Crippen LogP contribution in [0.1, 0.15) is 30.3 Å². The molecule has 2 aliphatic heterocycles. The number of amides is 1. The second-order valence-corrected chi connectivity index (χ2v) is 6.20. The van der Waals surface area contributed by atoms with Crippen LogP contribution in [0.5, 0.6) is 5.75 Å². The van der Waals surface area contributed by atoms with E-state index in [1.165, 1.54) is 12.8 Å². The van der Waals surface area contributed by atoms with Gasteiger partial charge in [0.2, 0.25) is 5.91 Å². The fourth-order valence-corrected chi connectivity index (χ4v) is 3.26. The maximum absolute atomic E-state index is 12.4. The average Bonchev–Trinajstić information content (AvgIpc) is 3.31. The zero-order valence-corrected chi connectivity index (χ0v) is 13.4. The number of hydrogen-bond donors (Lipinski definition) is 1. The number of fused-ring (bicyclic) bond motifs is 1. The molecule has 24 heavy (non-hydrogen) atoms. The van der Waals surface area contributed by atoms with Crippen LogP contribution < -0.4 is 10.1 Å². The van der Waals surface area contributed by atoms with Crippen molar-refractivity contribution >= 4 is 5.91 Å². The molecule has 126 valence electrons. The van der Waals surface area contributed by atoms with Crippen molar-refractivity contribution in [2.45, 2.75) is 32.0 Å². The van der Waals surface area contributed by atoms with Gasteiger partial charge in [0.1, 0.15) is 18.9 Å². The highest BCUT2D eigenvalue weighted by Gasteiger charge is 2.25. The quantitative estimate of drug-likeness (QED) is 0.861. The van der Waals surface area contributed by atoms with Crippen molar-refractivity contribution in [3.8, 4) is 5.75 Å². The number of nitrogens with zero attached hydrogens (tertiary/aromatic N) is 5. The van der Waals surface area contributed by atoms with Crippen molar-refractivity contribution < 1.29 is 9.53 Å². The highest BCUT2D eigenvalue weighted by atomic mass is 16.5. The lowest BCUT2D eigenvalue weighted by atomic mass is 10.1. The van der Waals surface area contributed by atoms with Gasteiger partial charge in [0, 0.05) is 5.56 Å². The number of hydrogen-bond acceptors (Lipinski definition) is 6. The first kappa shape index (κ1) is 15.1. The molecule has 2 aromatic rings. The van der Waals surface area contributed by atoms with E-state index in [-0.39, 0.29) is 18.5 Å². The van der Waals surface area contributed by atoms with Gasteiger partial charge in [0.25, 0.3) is 0 Å². The fraction of sp³-hybridized carbons (Fsp3) is 0.500. The number of carbonyl (C=O) groups is 1. The van der Waals surface area contributed by atoms with Gasteiger partial charge in [0.15, 0.2) is 5.82 Å². The van der Waals surface area contributed by atoms with Crippen LogP contribution in [0.25, 0.3) is 0 Å². The molecule has 1 amide bonds. The lowest BCUT2D eigenvalue weighted by molar-refractivity contribution is -0.122. The van der Waals surface area contributed by atoms with Gasteiger partial charge in [0.05, 0.1) is 12.6 Å². The first-order chi connectivity index (χ1) is 11.8. The molecule has 8 nitrogen and oxygen atoms in total. The third kappa shape index (κ3) is 3.09. The number of carbonyl (C=O) groups excluding carboxylic acids is 1. The van der Waals surface area contributed by atoms with E-state index in [1.54, 1.807) is 4.68 Å². The van der Waals surface area contributed by atoms with Crippen molar-refractivity contribution in [3.05, 3.63) is 35.7 Å². The molecule has 2 aliphatic rings. The third-order valence-electron chi connectivity index (χ3n) is 4.50. The molecule has 3 heterocycles. The fourth-order valence-electron chi connectivity index (χ4n) is 3.26. The topological polar surface area (TPSA) is 85.2 Å². The largest absolute Gasteiger partial charge is 0.491 e. The van der Waals surface area contributed by atoms with Gasteiger partial charge in [-0.2, -0.15) is 0 Å². The summed E-state index contributed by atoms with van der Waals surface area (Å²) in [6, 6.07) is 7.64. The SMILES string of the molecule is O=C(Cn1nnnc1CN1CCCC1)N[C@@H]1COc2ccccc21. The van der Waals surface area contributed by atoms with Crippen LogP contribution in [-0.4, -0.2) is 50.7 Å². The molecule has 8 heteroatoms. The van der Waals surface area contributed by atoms with Crippen LogP contribution in [0.4, 0.5) is 0 Å². The number of tetrazole rings is 1. The van der Waals surface area contributed by atoms with Gasteiger partial charge in [-0.1, -0.05) is 18.2 Å². The number of likely N-dealkylation sites (tertiary alicyclic amines) is 1. The normalized spacial score (nSPS) is 19.9. The summed E-state index contributed by atoms with van der Waals surface area (Å²) in [6.07, 6.45) is 2.42. The number of benzene rings is 1.